The number of rotatable bonds is 0. The molecule has 6 bridgehead atoms. The maximum atomic E-state index is 2.92. The Morgan fingerprint density at radius 3 is 1.38 bits per heavy atom. The van der Waals surface area contributed by atoms with E-state index in [0.717, 1.165) is 35.5 Å². The van der Waals surface area contributed by atoms with Crippen LogP contribution in [0.1, 0.15) is 111 Å². The lowest BCUT2D eigenvalue weighted by molar-refractivity contribution is -0.506. The second kappa shape index (κ2) is 4.17. The minimum absolute atomic E-state index is 0.279. The summed E-state index contributed by atoms with van der Waals surface area (Å²) >= 11 is 0. The van der Waals surface area contributed by atoms with Crippen molar-refractivity contribution in [3.05, 3.63) is 0 Å². The highest BCUT2D eigenvalue weighted by Gasteiger charge is 3.11. The number of hydrogen-bond donors (Lipinski definition) is 0. The zero-order valence-corrected chi connectivity index (χ0v) is 25.5. The van der Waals surface area contributed by atoms with Crippen molar-refractivity contribution in [3.63, 3.8) is 0 Å². The van der Waals surface area contributed by atoms with Crippen LogP contribution in [0.25, 0.3) is 0 Å². The summed E-state index contributed by atoms with van der Waals surface area (Å²) in [6.07, 6.45) is 0. The van der Waals surface area contributed by atoms with Gasteiger partial charge in [-0.2, -0.15) is 0 Å². The van der Waals surface area contributed by atoms with Crippen molar-refractivity contribution in [1.82, 2.24) is 0 Å². The predicted octanol–water partition coefficient (Wildman–Crippen LogP) is 8.95. The molecule has 0 aromatic rings. The molecule has 8 fully saturated rings. The standard InChI is InChI=1S/C34H54/c1-17-18-19-20-21-22-23(2,3)32(14)26(17,8)24(4,5)27(18,9)34(16)29(20,11)28(21,10)31(22,13)25(6,7)33(32,15)30(19,34)12/h17-22H,1-16H3. The first-order chi connectivity index (χ1) is 15.0. The van der Waals surface area contributed by atoms with Crippen molar-refractivity contribution in [1.29, 1.82) is 0 Å². The molecule has 0 nitrogen and oxygen atoms in total. The average Bonchev–Trinajstić information content (AvgIpc) is 3.03. The van der Waals surface area contributed by atoms with E-state index in [1.54, 1.807) is 0 Å². The smallest absolute Gasteiger partial charge is 0.0139 e. The first-order valence-corrected chi connectivity index (χ1v) is 15.0. The maximum absolute atomic E-state index is 2.92. The zero-order valence-electron chi connectivity index (χ0n) is 25.5. The van der Waals surface area contributed by atoms with Gasteiger partial charge in [-0.25, -0.2) is 0 Å². The summed E-state index contributed by atoms with van der Waals surface area (Å²) in [6, 6.07) is 0. The lowest BCUT2D eigenvalue weighted by atomic mass is 9.07. The maximum Gasteiger partial charge on any atom is -0.0139 e. The van der Waals surface area contributed by atoms with Gasteiger partial charge in [0, 0.05) is 0 Å². The summed E-state index contributed by atoms with van der Waals surface area (Å²) in [5.41, 5.74) is 4.25. The van der Waals surface area contributed by atoms with Crippen molar-refractivity contribution in [2.45, 2.75) is 111 Å². The molecule has 0 amide bonds. The Morgan fingerprint density at radius 2 is 0.853 bits per heavy atom. The van der Waals surface area contributed by atoms with Crippen molar-refractivity contribution in [2.75, 3.05) is 0 Å². The fourth-order valence-electron chi connectivity index (χ4n) is 20.2. The molecule has 0 spiro atoms. The Labute approximate surface area is 211 Å². The van der Waals surface area contributed by atoms with Crippen LogP contribution in [-0.4, -0.2) is 0 Å². The average molecular weight is 463 g/mol. The Bertz CT molecular complexity index is 1160. The molecule has 0 radical (unpaired) electrons. The second-order valence-electron chi connectivity index (χ2n) is 18.9. The highest BCUT2D eigenvalue weighted by Crippen LogP contribution is 3.14. The molecule has 15 atom stereocenters. The first-order valence-electron chi connectivity index (χ1n) is 15.0. The van der Waals surface area contributed by atoms with Gasteiger partial charge in [0.25, 0.3) is 0 Å². The van der Waals surface area contributed by atoms with Crippen LogP contribution in [0, 0.1) is 100 Å². The molecule has 190 valence electrons. The highest BCUT2D eigenvalue weighted by molar-refractivity contribution is 5.57. The summed E-state index contributed by atoms with van der Waals surface area (Å²) in [4.78, 5) is 0. The summed E-state index contributed by atoms with van der Waals surface area (Å²) in [6.45, 7) is 45.4. The monoisotopic (exact) mass is 462 g/mol. The molecule has 0 aliphatic heterocycles. The van der Waals surface area contributed by atoms with Gasteiger partial charge in [0.15, 0.2) is 0 Å². The molecule has 34 heavy (non-hydrogen) atoms. The van der Waals surface area contributed by atoms with Crippen molar-refractivity contribution < 1.29 is 0 Å². The molecule has 8 saturated carbocycles. The van der Waals surface area contributed by atoms with E-state index in [0.29, 0.717) is 54.1 Å². The molecule has 0 saturated heterocycles. The Hall–Kier alpha value is 0. The van der Waals surface area contributed by atoms with Gasteiger partial charge in [0.2, 0.25) is 0 Å². The summed E-state index contributed by atoms with van der Waals surface area (Å²) in [7, 11) is 0. The number of hydrogen-bond acceptors (Lipinski definition) is 0. The molecule has 0 N–H and O–H groups in total. The van der Waals surface area contributed by atoms with Crippen LogP contribution in [0.15, 0.2) is 0 Å². The van der Waals surface area contributed by atoms with Gasteiger partial charge in [0.05, 0.1) is 0 Å². The third kappa shape index (κ3) is 0.960. The van der Waals surface area contributed by atoms with Gasteiger partial charge in [-0.05, 0) is 100 Å². The molecule has 8 aliphatic rings. The van der Waals surface area contributed by atoms with Gasteiger partial charge in [-0.1, -0.05) is 111 Å². The summed E-state index contributed by atoms with van der Waals surface area (Å²) in [5, 5.41) is 0. The van der Waals surface area contributed by atoms with Crippen LogP contribution in [0.4, 0.5) is 0 Å². The Kier molecular flexibility index (Phi) is 2.70. The zero-order chi connectivity index (χ0) is 25.5. The Morgan fingerprint density at radius 1 is 0.353 bits per heavy atom. The van der Waals surface area contributed by atoms with Gasteiger partial charge in [-0.3, -0.25) is 0 Å². The van der Waals surface area contributed by atoms with Crippen LogP contribution in [0.3, 0.4) is 0 Å². The van der Waals surface area contributed by atoms with E-state index in [1.165, 1.54) is 0 Å². The van der Waals surface area contributed by atoms with Gasteiger partial charge in [-0.15, -0.1) is 0 Å². The highest BCUT2D eigenvalue weighted by atomic mass is 15.1. The van der Waals surface area contributed by atoms with E-state index >= 15 is 0 Å². The quantitative estimate of drug-likeness (QED) is 0.337. The fraction of sp³-hybridized carbons (Fsp3) is 1.00. The van der Waals surface area contributed by atoms with Crippen LogP contribution in [-0.2, 0) is 0 Å². The minimum atomic E-state index is 0.279. The third-order valence-corrected chi connectivity index (χ3v) is 21.8. The van der Waals surface area contributed by atoms with E-state index in [9.17, 15) is 0 Å². The van der Waals surface area contributed by atoms with Gasteiger partial charge < -0.3 is 0 Å². The van der Waals surface area contributed by atoms with Gasteiger partial charge >= 0.3 is 0 Å². The summed E-state index contributed by atoms with van der Waals surface area (Å²) < 4.78 is 0. The predicted molar refractivity (Wildman–Crippen MR) is 141 cm³/mol. The first kappa shape index (κ1) is 22.0. The van der Waals surface area contributed by atoms with E-state index < -0.39 is 0 Å². The van der Waals surface area contributed by atoms with Gasteiger partial charge in [0.1, 0.15) is 0 Å². The largest absolute Gasteiger partial charge is 0.0616 e. The fourth-order valence-corrected chi connectivity index (χ4v) is 20.2. The molecule has 0 aromatic carbocycles. The molecular formula is C34H54. The topological polar surface area (TPSA) is 0 Å². The van der Waals surface area contributed by atoms with E-state index in [4.69, 9.17) is 0 Å². The SMILES string of the molecule is CC1C2C3C4C5C6C(C)(C)C7(C)C1(C)C(C)(C)C2(C)C1(C)C4(C)C5(C)C6(C)C(C)(C)C7(C)C31C. The van der Waals surface area contributed by atoms with Crippen LogP contribution >= 0.6 is 0 Å². The minimum Gasteiger partial charge on any atom is -0.0616 e. The lowest BCUT2D eigenvalue weighted by Crippen LogP contribution is -2.93. The van der Waals surface area contributed by atoms with E-state index in [2.05, 4.69) is 111 Å². The van der Waals surface area contributed by atoms with Crippen LogP contribution in [0.5, 0.6) is 0 Å². The summed E-state index contributed by atoms with van der Waals surface area (Å²) in [5.74, 6) is 5.31. The molecule has 0 heteroatoms. The number of fused-ring (bicyclic) bond motifs is 7. The molecule has 8 aliphatic carbocycles. The molecule has 0 heterocycles. The van der Waals surface area contributed by atoms with Crippen molar-refractivity contribution in [3.8, 4) is 0 Å². The second-order valence-corrected chi connectivity index (χ2v) is 18.9. The molecule has 15 unspecified atom stereocenters. The third-order valence-electron chi connectivity index (χ3n) is 21.8. The van der Waals surface area contributed by atoms with Crippen LogP contribution in [0.2, 0.25) is 0 Å². The van der Waals surface area contributed by atoms with Crippen molar-refractivity contribution in [2.24, 2.45) is 100 Å². The van der Waals surface area contributed by atoms with E-state index in [-0.39, 0.29) is 10.8 Å². The van der Waals surface area contributed by atoms with Crippen LogP contribution < -0.4 is 0 Å². The Balaban J connectivity index is 1.74. The van der Waals surface area contributed by atoms with Crippen molar-refractivity contribution >= 4 is 0 Å². The molecule has 8 rings (SSSR count). The normalized spacial score (nSPS) is 79.8. The molecule has 0 aromatic heterocycles. The van der Waals surface area contributed by atoms with E-state index in [1.807, 2.05) is 0 Å². The molecular weight excluding hydrogens is 408 g/mol. The lowest BCUT2D eigenvalue weighted by Gasteiger charge is -2.97.